The number of urea groups is 1. The molecular weight excluding hydrogens is 270 g/mol. The molecule has 1 fully saturated rings. The van der Waals surface area contributed by atoms with Gasteiger partial charge in [0.15, 0.2) is 5.82 Å². The predicted octanol–water partition coefficient (Wildman–Crippen LogP) is 1.20. The molecule has 1 aromatic rings. The highest BCUT2D eigenvalue weighted by Gasteiger charge is 2.38. The number of anilines is 1. The van der Waals surface area contributed by atoms with Gasteiger partial charge in [0.05, 0.1) is 0 Å². The Labute approximate surface area is 123 Å². The Morgan fingerprint density at radius 2 is 1.86 bits per heavy atom. The third-order valence-electron chi connectivity index (χ3n) is 3.45. The largest absolute Gasteiger partial charge is 0.335 e. The van der Waals surface area contributed by atoms with Gasteiger partial charge in [0.25, 0.3) is 5.56 Å². The van der Waals surface area contributed by atoms with Crippen molar-refractivity contribution in [2.24, 2.45) is 0 Å². The summed E-state index contributed by atoms with van der Waals surface area (Å²) in [5.41, 5.74) is -0.367. The van der Waals surface area contributed by atoms with Gasteiger partial charge in [-0.15, -0.1) is 0 Å². The molecule has 2 amide bonds. The van der Waals surface area contributed by atoms with Crippen molar-refractivity contribution in [1.82, 2.24) is 20.8 Å². The zero-order valence-electron chi connectivity index (χ0n) is 12.9. The predicted molar refractivity (Wildman–Crippen MR) is 81.3 cm³/mol. The fourth-order valence-electron chi connectivity index (χ4n) is 3.18. The summed E-state index contributed by atoms with van der Waals surface area (Å²) >= 11 is 0. The number of rotatable bonds is 2. The van der Waals surface area contributed by atoms with Gasteiger partial charge in [-0.05, 0) is 46.6 Å². The van der Waals surface area contributed by atoms with Crippen molar-refractivity contribution in [1.29, 1.82) is 0 Å². The van der Waals surface area contributed by atoms with E-state index in [4.69, 9.17) is 0 Å². The van der Waals surface area contributed by atoms with Crippen LogP contribution in [0, 0.1) is 0 Å². The fourth-order valence-corrected chi connectivity index (χ4v) is 3.18. The lowest BCUT2D eigenvalue weighted by atomic mass is 9.80. The van der Waals surface area contributed by atoms with E-state index < -0.39 is 0 Å². The Bertz CT molecular complexity index is 542. The van der Waals surface area contributed by atoms with Crippen molar-refractivity contribution in [3.05, 3.63) is 22.5 Å². The molecule has 1 saturated heterocycles. The lowest BCUT2D eigenvalue weighted by molar-refractivity contribution is 0.149. The van der Waals surface area contributed by atoms with Gasteiger partial charge >= 0.3 is 6.03 Å². The number of carbonyl (C=O) groups is 1. The van der Waals surface area contributed by atoms with Gasteiger partial charge in [0.1, 0.15) is 0 Å². The van der Waals surface area contributed by atoms with Crippen LogP contribution < -0.4 is 21.5 Å². The molecule has 1 aromatic heterocycles. The lowest BCUT2D eigenvalue weighted by Crippen LogP contribution is -2.62. The number of nitrogens with one attached hydrogen (secondary N) is 4. The van der Waals surface area contributed by atoms with E-state index in [1.165, 1.54) is 12.1 Å². The molecule has 0 atom stereocenters. The molecule has 0 saturated carbocycles. The molecule has 7 heteroatoms. The number of amides is 2. The molecule has 0 aliphatic carbocycles. The molecule has 2 heterocycles. The monoisotopic (exact) mass is 293 g/mol. The maximum absolute atomic E-state index is 12.0. The topological polar surface area (TPSA) is 98.9 Å². The minimum atomic E-state index is -0.312. The summed E-state index contributed by atoms with van der Waals surface area (Å²) in [5, 5.41) is 15.2. The third-order valence-corrected chi connectivity index (χ3v) is 3.45. The van der Waals surface area contributed by atoms with E-state index >= 15 is 0 Å². The van der Waals surface area contributed by atoms with E-state index in [1.54, 1.807) is 0 Å². The Morgan fingerprint density at radius 3 is 2.38 bits per heavy atom. The molecule has 2 rings (SSSR count). The molecule has 0 spiro atoms. The summed E-state index contributed by atoms with van der Waals surface area (Å²) in [5.74, 6) is 0.319. The first kappa shape index (κ1) is 15.5. The van der Waals surface area contributed by atoms with Gasteiger partial charge in [-0.25, -0.2) is 9.89 Å². The number of aromatic nitrogens is 2. The van der Waals surface area contributed by atoms with Crippen LogP contribution in [0.1, 0.15) is 40.5 Å². The van der Waals surface area contributed by atoms with E-state index in [2.05, 4.69) is 53.8 Å². The second kappa shape index (κ2) is 5.48. The van der Waals surface area contributed by atoms with Gasteiger partial charge in [-0.2, -0.15) is 5.10 Å². The maximum Gasteiger partial charge on any atom is 0.320 e. The summed E-state index contributed by atoms with van der Waals surface area (Å²) < 4.78 is 0. The van der Waals surface area contributed by atoms with Crippen LogP contribution in [0.5, 0.6) is 0 Å². The molecule has 0 bridgehead atoms. The maximum atomic E-state index is 12.0. The minimum absolute atomic E-state index is 0.0318. The molecule has 0 radical (unpaired) electrons. The normalized spacial score (nSPS) is 20.8. The summed E-state index contributed by atoms with van der Waals surface area (Å²) in [6.45, 7) is 8.52. The molecule has 1 aliphatic rings. The summed E-state index contributed by atoms with van der Waals surface area (Å²) in [7, 11) is 0. The zero-order valence-corrected chi connectivity index (χ0v) is 12.9. The molecule has 116 valence electrons. The van der Waals surface area contributed by atoms with Crippen molar-refractivity contribution >= 4 is 11.8 Å². The number of H-pyrrole nitrogens is 1. The second-order valence-corrected chi connectivity index (χ2v) is 6.90. The first-order valence-corrected chi connectivity index (χ1v) is 7.08. The highest BCUT2D eigenvalue weighted by Crippen LogP contribution is 2.28. The van der Waals surface area contributed by atoms with Crippen molar-refractivity contribution < 1.29 is 4.79 Å². The number of carbonyl (C=O) groups excluding carboxylic acids is 1. The Hall–Kier alpha value is -1.89. The van der Waals surface area contributed by atoms with Crippen molar-refractivity contribution in [3.8, 4) is 0 Å². The first-order chi connectivity index (χ1) is 9.65. The Kier molecular flexibility index (Phi) is 4.04. The average Bonchev–Trinajstić information content (AvgIpc) is 2.27. The van der Waals surface area contributed by atoms with Crippen LogP contribution in [-0.2, 0) is 0 Å². The van der Waals surface area contributed by atoms with Crippen LogP contribution in [0.15, 0.2) is 16.9 Å². The molecule has 7 nitrogen and oxygen atoms in total. The number of aromatic amines is 1. The van der Waals surface area contributed by atoms with Gasteiger partial charge < -0.3 is 10.6 Å². The third kappa shape index (κ3) is 4.56. The fraction of sp³-hybridized carbons (Fsp3) is 0.643. The van der Waals surface area contributed by atoms with Crippen LogP contribution >= 0.6 is 0 Å². The van der Waals surface area contributed by atoms with Crippen molar-refractivity contribution in [3.63, 3.8) is 0 Å². The van der Waals surface area contributed by atoms with Gasteiger partial charge in [0.2, 0.25) is 0 Å². The first-order valence-electron chi connectivity index (χ1n) is 7.08. The SMILES string of the molecule is CC1(C)CC(NC(=O)Nc2ccc(=O)[nH]n2)CC(C)(C)N1. The van der Waals surface area contributed by atoms with Crippen LogP contribution in [-0.4, -0.2) is 33.3 Å². The summed E-state index contributed by atoms with van der Waals surface area (Å²) in [4.78, 5) is 22.9. The summed E-state index contributed by atoms with van der Waals surface area (Å²) in [6.07, 6.45) is 1.70. The Balaban J connectivity index is 1.96. The van der Waals surface area contributed by atoms with Crippen molar-refractivity contribution in [2.75, 3.05) is 5.32 Å². The van der Waals surface area contributed by atoms with Crippen molar-refractivity contribution in [2.45, 2.75) is 57.7 Å². The number of hydrogen-bond donors (Lipinski definition) is 4. The lowest BCUT2D eigenvalue weighted by Gasteiger charge is -2.46. The van der Waals surface area contributed by atoms with Gasteiger partial charge in [-0.1, -0.05) is 0 Å². The Morgan fingerprint density at radius 1 is 1.24 bits per heavy atom. The van der Waals surface area contributed by atoms with E-state index in [0.717, 1.165) is 12.8 Å². The molecule has 4 N–H and O–H groups in total. The standard InChI is InChI=1S/C14H23N5O2/c1-13(2)7-9(8-14(3,4)19-13)15-12(21)16-10-5-6-11(20)18-17-10/h5-6,9,19H,7-8H2,1-4H3,(H,18,20)(H2,15,16,17,21). The molecular formula is C14H23N5O2. The molecule has 0 unspecified atom stereocenters. The number of nitrogens with zero attached hydrogens (tertiary/aromatic N) is 1. The van der Waals surface area contributed by atoms with Crippen LogP contribution in [0.2, 0.25) is 0 Å². The van der Waals surface area contributed by atoms with Crippen LogP contribution in [0.3, 0.4) is 0 Å². The minimum Gasteiger partial charge on any atom is -0.335 e. The highest BCUT2D eigenvalue weighted by molar-refractivity contribution is 5.88. The van der Waals surface area contributed by atoms with Crippen LogP contribution in [0.25, 0.3) is 0 Å². The smallest absolute Gasteiger partial charge is 0.320 e. The van der Waals surface area contributed by atoms with Crippen LogP contribution in [0.4, 0.5) is 10.6 Å². The van der Waals surface area contributed by atoms with E-state index in [1.807, 2.05) is 0 Å². The van der Waals surface area contributed by atoms with E-state index in [9.17, 15) is 9.59 Å². The number of piperidine rings is 1. The van der Waals surface area contributed by atoms with Gasteiger partial charge in [-0.3, -0.25) is 10.1 Å². The highest BCUT2D eigenvalue weighted by atomic mass is 16.2. The second-order valence-electron chi connectivity index (χ2n) is 6.90. The molecule has 0 aromatic carbocycles. The molecule has 21 heavy (non-hydrogen) atoms. The molecule has 1 aliphatic heterocycles. The quantitative estimate of drug-likeness (QED) is 0.658. The average molecular weight is 293 g/mol. The van der Waals surface area contributed by atoms with Gasteiger partial charge in [0, 0.05) is 23.2 Å². The van der Waals surface area contributed by atoms with E-state index in [-0.39, 0.29) is 28.7 Å². The number of hydrogen-bond acceptors (Lipinski definition) is 4. The summed E-state index contributed by atoms with van der Waals surface area (Å²) in [6, 6.07) is 2.56. The zero-order chi connectivity index (χ0) is 15.7. The van der Waals surface area contributed by atoms with E-state index in [0.29, 0.717) is 5.82 Å².